The molecule has 1 N–H and O–H groups in total. The lowest BCUT2D eigenvalue weighted by molar-refractivity contribution is -0.0283. The summed E-state index contributed by atoms with van der Waals surface area (Å²) < 4.78 is 5.87. The fourth-order valence-corrected chi connectivity index (χ4v) is 4.68. The van der Waals surface area contributed by atoms with Gasteiger partial charge in [0.2, 0.25) is 0 Å². The Hall–Kier alpha value is -0.420. The van der Waals surface area contributed by atoms with Crippen molar-refractivity contribution in [3.05, 3.63) is 21.9 Å². The molecule has 2 fully saturated rings. The fraction of sp³-hybridized carbons (Fsp3) is 0.765. The van der Waals surface area contributed by atoms with E-state index in [1.807, 2.05) is 11.3 Å². The Balaban J connectivity index is 1.41. The van der Waals surface area contributed by atoms with Gasteiger partial charge in [0.25, 0.3) is 0 Å². The number of ether oxygens (including phenoxy) is 1. The first kappa shape index (κ1) is 14.2. The van der Waals surface area contributed by atoms with Gasteiger partial charge < -0.3 is 10.1 Å². The van der Waals surface area contributed by atoms with E-state index < -0.39 is 0 Å². The Kier molecular flexibility index (Phi) is 4.05. The molecule has 0 radical (unpaired) electrons. The second-order valence-corrected chi connectivity index (χ2v) is 8.14. The third-order valence-electron chi connectivity index (χ3n) is 5.19. The summed E-state index contributed by atoms with van der Waals surface area (Å²) in [4.78, 5) is 4.27. The molecule has 1 saturated carbocycles. The molecule has 0 aromatic carbocycles. The van der Waals surface area contributed by atoms with Crippen LogP contribution < -0.4 is 5.32 Å². The van der Waals surface area contributed by atoms with Crippen LogP contribution in [0.25, 0.3) is 0 Å². The van der Waals surface area contributed by atoms with Gasteiger partial charge in [0.1, 0.15) is 0 Å². The van der Waals surface area contributed by atoms with Crippen LogP contribution in [0.5, 0.6) is 0 Å². The molecule has 1 aromatic rings. The number of nitrogens with one attached hydrogen (secondary N) is 1. The summed E-state index contributed by atoms with van der Waals surface area (Å²) in [6.45, 7) is 6.61. The van der Waals surface area contributed by atoms with Crippen molar-refractivity contribution in [2.24, 2.45) is 5.41 Å². The average molecular weight is 306 g/mol. The van der Waals surface area contributed by atoms with Gasteiger partial charge in [-0.3, -0.25) is 4.90 Å². The van der Waals surface area contributed by atoms with Crippen molar-refractivity contribution in [2.45, 2.75) is 44.7 Å². The van der Waals surface area contributed by atoms with Crippen LogP contribution in [-0.4, -0.2) is 43.8 Å². The number of nitrogens with zero attached hydrogens (tertiary/aromatic N) is 1. The zero-order chi connectivity index (χ0) is 14.1. The topological polar surface area (TPSA) is 24.5 Å². The first-order valence-electron chi connectivity index (χ1n) is 8.42. The molecule has 116 valence electrons. The minimum Gasteiger partial charge on any atom is -0.381 e. The molecule has 3 nitrogen and oxygen atoms in total. The summed E-state index contributed by atoms with van der Waals surface area (Å²) in [5.74, 6) is 0. The second-order valence-electron chi connectivity index (χ2n) is 7.14. The molecule has 21 heavy (non-hydrogen) atoms. The van der Waals surface area contributed by atoms with Gasteiger partial charge in [-0.15, -0.1) is 11.3 Å². The summed E-state index contributed by atoms with van der Waals surface area (Å²) in [6, 6.07) is 3.12. The van der Waals surface area contributed by atoms with E-state index in [1.54, 1.807) is 10.4 Å². The Morgan fingerprint density at radius 1 is 1.43 bits per heavy atom. The highest BCUT2D eigenvalue weighted by atomic mass is 32.1. The Morgan fingerprint density at radius 3 is 3.19 bits per heavy atom. The average Bonchev–Trinajstić information content (AvgIpc) is 3.23. The number of fused-ring (bicyclic) bond motifs is 1. The van der Waals surface area contributed by atoms with Crippen molar-refractivity contribution >= 4 is 11.3 Å². The van der Waals surface area contributed by atoms with E-state index in [0.29, 0.717) is 5.41 Å². The lowest BCUT2D eigenvalue weighted by Crippen LogP contribution is -2.50. The molecular formula is C17H26N2OS. The lowest BCUT2D eigenvalue weighted by Gasteiger charge is -2.42. The van der Waals surface area contributed by atoms with Gasteiger partial charge >= 0.3 is 0 Å². The third kappa shape index (κ3) is 3.34. The monoisotopic (exact) mass is 306 g/mol. The van der Waals surface area contributed by atoms with E-state index in [9.17, 15) is 0 Å². The normalized spacial score (nSPS) is 30.3. The molecule has 1 saturated heterocycles. The number of hydrogen-bond donors (Lipinski definition) is 1. The Morgan fingerprint density at radius 2 is 2.38 bits per heavy atom. The minimum atomic E-state index is 0.342. The zero-order valence-electron chi connectivity index (χ0n) is 12.8. The Bertz CT molecular complexity index is 477. The van der Waals surface area contributed by atoms with Crippen molar-refractivity contribution < 1.29 is 4.74 Å². The van der Waals surface area contributed by atoms with Gasteiger partial charge in [0.05, 0.1) is 6.61 Å². The van der Waals surface area contributed by atoms with Crippen molar-refractivity contribution in [1.82, 2.24) is 10.2 Å². The van der Waals surface area contributed by atoms with Crippen LogP contribution >= 0.6 is 11.3 Å². The van der Waals surface area contributed by atoms with Gasteiger partial charge in [-0.05, 0) is 49.1 Å². The highest BCUT2D eigenvalue weighted by Gasteiger charge is 2.37. The maximum Gasteiger partial charge on any atom is 0.0546 e. The molecule has 0 amide bonds. The third-order valence-corrected chi connectivity index (χ3v) is 6.22. The minimum absolute atomic E-state index is 0.342. The molecule has 4 heteroatoms. The van der Waals surface area contributed by atoms with Crippen LogP contribution in [0.4, 0.5) is 0 Å². The molecule has 3 heterocycles. The van der Waals surface area contributed by atoms with Gasteiger partial charge in [-0.1, -0.05) is 0 Å². The van der Waals surface area contributed by atoms with Crippen LogP contribution in [0.2, 0.25) is 0 Å². The van der Waals surface area contributed by atoms with E-state index in [-0.39, 0.29) is 0 Å². The summed E-state index contributed by atoms with van der Waals surface area (Å²) in [6.07, 6.45) is 6.53. The van der Waals surface area contributed by atoms with Crippen LogP contribution in [0, 0.1) is 5.41 Å². The molecule has 1 aliphatic carbocycles. The molecule has 4 rings (SSSR count). The summed E-state index contributed by atoms with van der Waals surface area (Å²) >= 11 is 1.93. The van der Waals surface area contributed by atoms with E-state index in [1.165, 1.54) is 45.2 Å². The van der Waals surface area contributed by atoms with Crippen LogP contribution in [-0.2, 0) is 17.7 Å². The predicted octanol–water partition coefficient (Wildman–Crippen LogP) is 2.66. The first-order valence-corrected chi connectivity index (χ1v) is 9.30. The van der Waals surface area contributed by atoms with Gasteiger partial charge in [-0.25, -0.2) is 0 Å². The molecule has 1 atom stereocenters. The molecule has 0 bridgehead atoms. The Labute approximate surface area is 131 Å². The zero-order valence-corrected chi connectivity index (χ0v) is 13.6. The van der Waals surface area contributed by atoms with Gasteiger partial charge in [0, 0.05) is 49.1 Å². The van der Waals surface area contributed by atoms with E-state index in [0.717, 1.165) is 32.3 Å². The summed E-state index contributed by atoms with van der Waals surface area (Å²) in [7, 11) is 0. The SMILES string of the molecule is c1cc2c(s1)CCN(CC1(CNC3CC3)CCCOC1)C2. The molecular weight excluding hydrogens is 280 g/mol. The van der Waals surface area contributed by atoms with Crippen molar-refractivity contribution in [3.63, 3.8) is 0 Å². The highest BCUT2D eigenvalue weighted by molar-refractivity contribution is 7.10. The quantitative estimate of drug-likeness (QED) is 0.905. The van der Waals surface area contributed by atoms with Crippen molar-refractivity contribution in [2.75, 3.05) is 32.8 Å². The lowest BCUT2D eigenvalue weighted by atomic mass is 9.81. The largest absolute Gasteiger partial charge is 0.381 e. The highest BCUT2D eigenvalue weighted by Crippen LogP contribution is 2.33. The summed E-state index contributed by atoms with van der Waals surface area (Å²) in [5, 5.41) is 6.02. The molecule has 1 unspecified atom stereocenters. The van der Waals surface area contributed by atoms with E-state index in [2.05, 4.69) is 21.7 Å². The maximum atomic E-state index is 5.87. The smallest absolute Gasteiger partial charge is 0.0546 e. The van der Waals surface area contributed by atoms with E-state index >= 15 is 0 Å². The van der Waals surface area contributed by atoms with Crippen LogP contribution in [0.3, 0.4) is 0 Å². The fourth-order valence-electron chi connectivity index (χ4n) is 3.79. The predicted molar refractivity (Wildman–Crippen MR) is 86.8 cm³/mol. The van der Waals surface area contributed by atoms with Crippen molar-refractivity contribution in [1.29, 1.82) is 0 Å². The van der Waals surface area contributed by atoms with Gasteiger partial charge in [0.15, 0.2) is 0 Å². The number of rotatable bonds is 5. The van der Waals surface area contributed by atoms with Crippen LogP contribution in [0.1, 0.15) is 36.1 Å². The second kappa shape index (κ2) is 5.99. The summed E-state index contributed by atoms with van der Waals surface area (Å²) in [5.41, 5.74) is 1.90. The van der Waals surface area contributed by atoms with Gasteiger partial charge in [-0.2, -0.15) is 0 Å². The maximum absolute atomic E-state index is 5.87. The van der Waals surface area contributed by atoms with Crippen molar-refractivity contribution in [3.8, 4) is 0 Å². The molecule has 3 aliphatic rings. The van der Waals surface area contributed by atoms with Crippen LogP contribution in [0.15, 0.2) is 11.4 Å². The molecule has 1 aromatic heterocycles. The van der Waals surface area contributed by atoms with E-state index in [4.69, 9.17) is 4.74 Å². The number of thiophene rings is 1. The molecule has 0 spiro atoms. The molecule has 2 aliphatic heterocycles. The first-order chi connectivity index (χ1) is 10.3. The number of hydrogen-bond acceptors (Lipinski definition) is 4. The standard InChI is InChI=1S/C17H26N2OS/c1-6-17(13-20-8-1,11-18-15-2-3-15)12-19-7-4-16-14(10-19)5-9-21-16/h5,9,15,18H,1-4,6-8,10-13H2.